The predicted octanol–water partition coefficient (Wildman–Crippen LogP) is 2.08. The minimum Gasteiger partial charge on any atom is -0.504 e. The summed E-state index contributed by atoms with van der Waals surface area (Å²) in [5.41, 5.74) is 0.765. The van der Waals surface area contributed by atoms with Crippen LogP contribution in [0, 0.1) is 0 Å². The number of nitrogens with zero attached hydrogens (tertiary/aromatic N) is 1. The van der Waals surface area contributed by atoms with Crippen LogP contribution in [-0.2, 0) is 0 Å². The van der Waals surface area contributed by atoms with Gasteiger partial charge in [0.2, 0.25) is 0 Å². The van der Waals surface area contributed by atoms with E-state index in [0.717, 1.165) is 42.8 Å². The van der Waals surface area contributed by atoms with E-state index >= 15 is 0 Å². The van der Waals surface area contributed by atoms with E-state index in [4.69, 9.17) is 4.74 Å². The molecule has 1 aliphatic heterocycles. The molecule has 104 valence electrons. The van der Waals surface area contributed by atoms with Gasteiger partial charge in [-0.05, 0) is 12.1 Å². The summed E-state index contributed by atoms with van der Waals surface area (Å²) >= 11 is 3.41. The average Bonchev–Trinajstić information content (AvgIpc) is 2.43. The smallest absolute Gasteiger partial charge is 0.165 e. The van der Waals surface area contributed by atoms with Gasteiger partial charge in [0, 0.05) is 42.8 Å². The van der Waals surface area contributed by atoms with Crippen molar-refractivity contribution < 1.29 is 9.84 Å². The SMILES string of the molecule is COc1cc(Br)cc(C=CCN2CCNCC2)c1O. The third-order valence-electron chi connectivity index (χ3n) is 3.16. The fourth-order valence-electron chi connectivity index (χ4n) is 2.10. The molecule has 0 amide bonds. The molecule has 0 bridgehead atoms. The Hall–Kier alpha value is -1.04. The van der Waals surface area contributed by atoms with Gasteiger partial charge in [0.25, 0.3) is 0 Å². The Bertz CT molecular complexity index is 457. The number of piperazine rings is 1. The van der Waals surface area contributed by atoms with E-state index in [2.05, 4.69) is 32.2 Å². The second-order valence-electron chi connectivity index (χ2n) is 4.50. The summed E-state index contributed by atoms with van der Waals surface area (Å²) in [6, 6.07) is 3.63. The van der Waals surface area contributed by atoms with Gasteiger partial charge < -0.3 is 15.2 Å². The lowest BCUT2D eigenvalue weighted by Gasteiger charge is -2.25. The number of aromatic hydroxyl groups is 1. The molecule has 1 aromatic carbocycles. The average molecular weight is 327 g/mol. The standard InChI is InChI=1S/C14H19BrN2O2/c1-19-13-10-12(15)9-11(14(13)18)3-2-6-17-7-4-16-5-8-17/h2-3,9-10,16,18H,4-8H2,1H3. The predicted molar refractivity (Wildman–Crippen MR) is 80.7 cm³/mol. The first-order valence-corrected chi connectivity index (χ1v) is 7.16. The first-order valence-electron chi connectivity index (χ1n) is 6.37. The van der Waals surface area contributed by atoms with Crippen molar-refractivity contribution in [1.82, 2.24) is 10.2 Å². The third kappa shape index (κ3) is 3.96. The van der Waals surface area contributed by atoms with Gasteiger partial charge in [-0.3, -0.25) is 4.90 Å². The summed E-state index contributed by atoms with van der Waals surface area (Å²) in [5, 5.41) is 13.4. The largest absolute Gasteiger partial charge is 0.504 e. The van der Waals surface area contributed by atoms with E-state index in [1.54, 1.807) is 13.2 Å². The van der Waals surface area contributed by atoms with Gasteiger partial charge in [0.15, 0.2) is 11.5 Å². The maximum atomic E-state index is 10.0. The Labute approximate surface area is 122 Å². The summed E-state index contributed by atoms with van der Waals surface area (Å²) in [6.45, 7) is 5.12. The van der Waals surface area contributed by atoms with Gasteiger partial charge in [0.1, 0.15) is 0 Å². The van der Waals surface area contributed by atoms with Gasteiger partial charge in [-0.2, -0.15) is 0 Å². The number of methoxy groups -OCH3 is 1. The third-order valence-corrected chi connectivity index (χ3v) is 3.62. The molecular formula is C14H19BrN2O2. The first-order chi connectivity index (χ1) is 9.20. The molecule has 0 aromatic heterocycles. The maximum Gasteiger partial charge on any atom is 0.165 e. The highest BCUT2D eigenvalue weighted by atomic mass is 79.9. The highest BCUT2D eigenvalue weighted by Gasteiger charge is 2.09. The summed E-state index contributed by atoms with van der Waals surface area (Å²) in [6.07, 6.45) is 4.01. The molecule has 4 nitrogen and oxygen atoms in total. The number of benzene rings is 1. The lowest BCUT2D eigenvalue weighted by molar-refractivity contribution is 0.265. The van der Waals surface area contributed by atoms with Crippen molar-refractivity contribution in [2.24, 2.45) is 0 Å². The van der Waals surface area contributed by atoms with Gasteiger partial charge in [-0.1, -0.05) is 28.1 Å². The number of hydrogen-bond acceptors (Lipinski definition) is 4. The normalized spacial score (nSPS) is 16.9. The Morgan fingerprint density at radius 1 is 1.42 bits per heavy atom. The zero-order valence-electron chi connectivity index (χ0n) is 11.0. The molecule has 19 heavy (non-hydrogen) atoms. The van der Waals surface area contributed by atoms with E-state index in [-0.39, 0.29) is 5.75 Å². The number of hydrogen-bond donors (Lipinski definition) is 2. The monoisotopic (exact) mass is 326 g/mol. The molecule has 2 N–H and O–H groups in total. The van der Waals surface area contributed by atoms with Crippen LogP contribution in [-0.4, -0.2) is 49.8 Å². The Morgan fingerprint density at radius 3 is 2.84 bits per heavy atom. The molecule has 0 radical (unpaired) electrons. The molecule has 0 spiro atoms. The fraction of sp³-hybridized carbons (Fsp3) is 0.429. The minimum atomic E-state index is 0.183. The Morgan fingerprint density at radius 2 is 2.16 bits per heavy atom. The Balaban J connectivity index is 2.03. The highest BCUT2D eigenvalue weighted by molar-refractivity contribution is 9.10. The summed E-state index contributed by atoms with van der Waals surface area (Å²) in [7, 11) is 1.55. The van der Waals surface area contributed by atoms with Crippen LogP contribution in [0.25, 0.3) is 6.08 Å². The maximum absolute atomic E-state index is 10.0. The van der Waals surface area contributed by atoms with Crippen LogP contribution in [0.1, 0.15) is 5.56 Å². The number of phenolic OH excluding ortho intramolecular Hbond substituents is 1. The van der Waals surface area contributed by atoms with Crippen molar-refractivity contribution in [3.05, 3.63) is 28.2 Å². The minimum absolute atomic E-state index is 0.183. The molecule has 5 heteroatoms. The number of phenols is 1. The Kier molecular flexibility index (Phi) is 5.24. The molecule has 1 heterocycles. The molecule has 0 saturated carbocycles. The van der Waals surface area contributed by atoms with Crippen LogP contribution in [0.2, 0.25) is 0 Å². The number of rotatable bonds is 4. The van der Waals surface area contributed by atoms with Crippen LogP contribution < -0.4 is 10.1 Å². The fourth-order valence-corrected chi connectivity index (χ4v) is 2.55. The van der Waals surface area contributed by atoms with Crippen molar-refractivity contribution in [2.75, 3.05) is 39.8 Å². The lowest BCUT2D eigenvalue weighted by Crippen LogP contribution is -2.43. The van der Waals surface area contributed by atoms with Crippen molar-refractivity contribution in [2.45, 2.75) is 0 Å². The molecule has 2 rings (SSSR count). The van der Waals surface area contributed by atoms with Crippen LogP contribution in [0.4, 0.5) is 0 Å². The van der Waals surface area contributed by atoms with E-state index in [1.165, 1.54) is 0 Å². The summed E-state index contributed by atoms with van der Waals surface area (Å²) in [5.74, 6) is 0.665. The van der Waals surface area contributed by atoms with Gasteiger partial charge in [-0.15, -0.1) is 0 Å². The first kappa shape index (κ1) is 14.4. The van der Waals surface area contributed by atoms with Gasteiger partial charge >= 0.3 is 0 Å². The lowest BCUT2D eigenvalue weighted by atomic mass is 10.1. The number of nitrogens with one attached hydrogen (secondary N) is 1. The number of ether oxygens (including phenoxy) is 1. The van der Waals surface area contributed by atoms with Crippen molar-refractivity contribution in [3.63, 3.8) is 0 Å². The van der Waals surface area contributed by atoms with Crippen molar-refractivity contribution in [1.29, 1.82) is 0 Å². The van der Waals surface area contributed by atoms with E-state index in [1.807, 2.05) is 12.1 Å². The second kappa shape index (κ2) is 6.93. The molecule has 0 atom stereocenters. The molecule has 0 unspecified atom stereocenters. The molecule has 1 saturated heterocycles. The molecular weight excluding hydrogens is 308 g/mol. The molecule has 1 fully saturated rings. The van der Waals surface area contributed by atoms with Gasteiger partial charge in [0.05, 0.1) is 7.11 Å². The summed E-state index contributed by atoms with van der Waals surface area (Å²) < 4.78 is 6.02. The molecule has 1 aromatic rings. The van der Waals surface area contributed by atoms with Crippen molar-refractivity contribution >= 4 is 22.0 Å². The van der Waals surface area contributed by atoms with Crippen LogP contribution in [0.15, 0.2) is 22.7 Å². The molecule has 1 aliphatic rings. The van der Waals surface area contributed by atoms with Gasteiger partial charge in [-0.25, -0.2) is 0 Å². The van der Waals surface area contributed by atoms with Crippen LogP contribution >= 0.6 is 15.9 Å². The molecule has 0 aliphatic carbocycles. The summed E-state index contributed by atoms with van der Waals surface area (Å²) in [4.78, 5) is 2.37. The highest BCUT2D eigenvalue weighted by Crippen LogP contribution is 2.34. The number of halogens is 1. The van der Waals surface area contributed by atoms with E-state index in [9.17, 15) is 5.11 Å². The topological polar surface area (TPSA) is 44.7 Å². The van der Waals surface area contributed by atoms with Crippen LogP contribution in [0.5, 0.6) is 11.5 Å². The van der Waals surface area contributed by atoms with E-state index < -0.39 is 0 Å². The van der Waals surface area contributed by atoms with Crippen LogP contribution in [0.3, 0.4) is 0 Å². The zero-order valence-corrected chi connectivity index (χ0v) is 12.6. The van der Waals surface area contributed by atoms with Crippen molar-refractivity contribution in [3.8, 4) is 11.5 Å². The van der Waals surface area contributed by atoms with E-state index in [0.29, 0.717) is 5.75 Å². The second-order valence-corrected chi connectivity index (χ2v) is 5.41. The zero-order chi connectivity index (χ0) is 13.7. The quantitative estimate of drug-likeness (QED) is 0.889.